The van der Waals surface area contributed by atoms with Gasteiger partial charge < -0.3 is 5.73 Å². The first-order chi connectivity index (χ1) is 7.29. The van der Waals surface area contributed by atoms with Crippen molar-refractivity contribution in [3.05, 3.63) is 28.0 Å². The van der Waals surface area contributed by atoms with Crippen molar-refractivity contribution < 1.29 is 22.0 Å². The molecule has 0 saturated heterocycles. The molecule has 0 unspecified atom stereocenters. The summed E-state index contributed by atoms with van der Waals surface area (Å²) in [7, 11) is 0. The van der Waals surface area contributed by atoms with Gasteiger partial charge in [-0.3, -0.25) is 4.98 Å². The minimum absolute atomic E-state index is 0.415. The van der Waals surface area contributed by atoms with Gasteiger partial charge in [0, 0.05) is 12.7 Å². The summed E-state index contributed by atoms with van der Waals surface area (Å²) >= 11 is 5.25. The molecule has 0 atom stereocenters. The van der Waals surface area contributed by atoms with Gasteiger partial charge in [0.25, 0.3) is 6.43 Å². The molecule has 0 amide bonds. The first kappa shape index (κ1) is 13.1. The second-order valence-corrected chi connectivity index (χ2v) is 3.24. The zero-order chi connectivity index (χ0) is 12.5. The van der Waals surface area contributed by atoms with Crippen molar-refractivity contribution in [2.24, 2.45) is 5.73 Å². The first-order valence-corrected chi connectivity index (χ1v) is 4.39. The Labute approximate surface area is 92.2 Å². The number of nitrogens with two attached hydrogens (primary N) is 1. The predicted octanol–water partition coefficient (Wildman–Crippen LogP) is 3.15. The normalized spacial score (nSPS) is 12.2. The van der Waals surface area contributed by atoms with Gasteiger partial charge in [0.2, 0.25) is 0 Å². The van der Waals surface area contributed by atoms with E-state index in [1.54, 1.807) is 0 Å². The molecule has 1 aromatic heterocycles. The van der Waals surface area contributed by atoms with E-state index in [1.165, 1.54) is 0 Å². The average Bonchev–Trinajstić information content (AvgIpc) is 2.14. The van der Waals surface area contributed by atoms with Crippen LogP contribution in [-0.4, -0.2) is 4.98 Å². The molecule has 90 valence electrons. The number of pyridine rings is 1. The molecule has 0 aliphatic carbocycles. The standard InChI is InChI=1S/C8H6ClF5N2/c9-5-4(8(12,13)14)3(1-15)2-16-6(5)7(10)11/h2,7H,1,15H2. The molecule has 1 rings (SSSR count). The summed E-state index contributed by atoms with van der Waals surface area (Å²) < 4.78 is 62.2. The van der Waals surface area contributed by atoms with Crippen LogP contribution < -0.4 is 5.73 Å². The lowest BCUT2D eigenvalue weighted by Gasteiger charge is -2.15. The predicted molar refractivity (Wildman–Crippen MR) is 47.1 cm³/mol. The summed E-state index contributed by atoms with van der Waals surface area (Å²) in [5.74, 6) is 0. The zero-order valence-electron chi connectivity index (χ0n) is 7.65. The van der Waals surface area contributed by atoms with Crippen molar-refractivity contribution in [3.8, 4) is 0 Å². The lowest BCUT2D eigenvalue weighted by Crippen LogP contribution is -2.15. The van der Waals surface area contributed by atoms with E-state index in [0.717, 1.165) is 0 Å². The van der Waals surface area contributed by atoms with Crippen molar-refractivity contribution in [1.29, 1.82) is 0 Å². The van der Waals surface area contributed by atoms with Crippen LogP contribution in [0.3, 0.4) is 0 Å². The van der Waals surface area contributed by atoms with Crippen LogP contribution in [0.5, 0.6) is 0 Å². The Morgan fingerprint density at radius 3 is 2.31 bits per heavy atom. The fraction of sp³-hybridized carbons (Fsp3) is 0.375. The number of hydrogen-bond donors (Lipinski definition) is 1. The molecule has 0 aliphatic rings. The Morgan fingerprint density at radius 2 is 1.94 bits per heavy atom. The van der Waals surface area contributed by atoms with Crippen molar-refractivity contribution in [1.82, 2.24) is 4.98 Å². The summed E-state index contributed by atoms with van der Waals surface area (Å²) in [5, 5.41) is -1.09. The molecular weight excluding hydrogens is 255 g/mol. The van der Waals surface area contributed by atoms with Gasteiger partial charge in [-0.25, -0.2) is 8.78 Å². The Hall–Kier alpha value is -0.950. The van der Waals surface area contributed by atoms with Crippen LogP contribution in [0, 0.1) is 0 Å². The molecule has 1 heterocycles. The number of halogens is 6. The van der Waals surface area contributed by atoms with Crippen LogP contribution in [0.2, 0.25) is 5.02 Å². The van der Waals surface area contributed by atoms with E-state index in [9.17, 15) is 22.0 Å². The second kappa shape index (κ2) is 4.50. The maximum absolute atomic E-state index is 12.5. The number of alkyl halides is 5. The van der Waals surface area contributed by atoms with Gasteiger partial charge in [-0.15, -0.1) is 0 Å². The third-order valence-electron chi connectivity index (χ3n) is 1.84. The fourth-order valence-electron chi connectivity index (χ4n) is 1.15. The molecule has 0 radical (unpaired) electrons. The van der Waals surface area contributed by atoms with Crippen LogP contribution >= 0.6 is 11.6 Å². The summed E-state index contributed by atoms with van der Waals surface area (Å²) in [5.41, 5.74) is 2.20. The van der Waals surface area contributed by atoms with Crippen LogP contribution in [-0.2, 0) is 12.7 Å². The van der Waals surface area contributed by atoms with E-state index in [1.807, 2.05) is 0 Å². The number of aromatic nitrogens is 1. The van der Waals surface area contributed by atoms with Gasteiger partial charge in [-0.05, 0) is 5.56 Å². The van der Waals surface area contributed by atoms with Gasteiger partial charge in [0.05, 0.1) is 10.6 Å². The van der Waals surface area contributed by atoms with E-state index >= 15 is 0 Å². The highest BCUT2D eigenvalue weighted by Gasteiger charge is 2.38. The van der Waals surface area contributed by atoms with E-state index in [2.05, 4.69) is 4.98 Å². The summed E-state index contributed by atoms with van der Waals surface area (Å²) in [6.45, 7) is -0.481. The van der Waals surface area contributed by atoms with Gasteiger partial charge in [-0.2, -0.15) is 13.2 Å². The molecule has 0 aromatic carbocycles. The quantitative estimate of drug-likeness (QED) is 0.830. The lowest BCUT2D eigenvalue weighted by molar-refractivity contribution is -0.138. The molecule has 2 N–H and O–H groups in total. The monoisotopic (exact) mass is 260 g/mol. The molecule has 0 saturated carbocycles. The minimum atomic E-state index is -4.83. The maximum Gasteiger partial charge on any atom is 0.418 e. The Kier molecular flexibility index (Phi) is 3.69. The molecule has 0 spiro atoms. The van der Waals surface area contributed by atoms with Crippen LogP contribution in [0.1, 0.15) is 23.2 Å². The molecule has 1 aromatic rings. The second-order valence-electron chi connectivity index (χ2n) is 2.86. The van der Waals surface area contributed by atoms with Gasteiger partial charge in [-0.1, -0.05) is 11.6 Å². The van der Waals surface area contributed by atoms with E-state index in [4.69, 9.17) is 17.3 Å². The highest BCUT2D eigenvalue weighted by Crippen LogP contribution is 2.40. The minimum Gasteiger partial charge on any atom is -0.326 e. The topological polar surface area (TPSA) is 38.9 Å². The lowest BCUT2D eigenvalue weighted by atomic mass is 10.1. The number of hydrogen-bond acceptors (Lipinski definition) is 2. The fourth-order valence-corrected chi connectivity index (χ4v) is 1.51. The Bertz CT molecular complexity index is 391. The zero-order valence-corrected chi connectivity index (χ0v) is 8.41. The summed E-state index contributed by atoms with van der Waals surface area (Å²) in [6, 6.07) is 0. The Balaban J connectivity index is 3.47. The van der Waals surface area contributed by atoms with Crippen molar-refractivity contribution in [2.45, 2.75) is 19.1 Å². The smallest absolute Gasteiger partial charge is 0.326 e. The van der Waals surface area contributed by atoms with Crippen LogP contribution in [0.15, 0.2) is 6.20 Å². The highest BCUT2D eigenvalue weighted by atomic mass is 35.5. The molecule has 2 nitrogen and oxygen atoms in total. The highest BCUT2D eigenvalue weighted by molar-refractivity contribution is 6.32. The van der Waals surface area contributed by atoms with Crippen LogP contribution in [0.4, 0.5) is 22.0 Å². The molecule has 16 heavy (non-hydrogen) atoms. The van der Waals surface area contributed by atoms with Crippen molar-refractivity contribution in [3.63, 3.8) is 0 Å². The third kappa shape index (κ3) is 2.41. The van der Waals surface area contributed by atoms with Gasteiger partial charge in [0.15, 0.2) is 0 Å². The van der Waals surface area contributed by atoms with E-state index < -0.39 is 41.0 Å². The Morgan fingerprint density at radius 1 is 1.38 bits per heavy atom. The summed E-state index contributed by atoms with van der Waals surface area (Å²) in [4.78, 5) is 3.16. The SMILES string of the molecule is NCc1cnc(C(F)F)c(Cl)c1C(F)(F)F. The number of nitrogens with zero attached hydrogens (tertiary/aromatic N) is 1. The first-order valence-electron chi connectivity index (χ1n) is 4.01. The molecule has 0 fully saturated rings. The third-order valence-corrected chi connectivity index (χ3v) is 2.22. The molecule has 0 aliphatic heterocycles. The van der Waals surface area contributed by atoms with Crippen molar-refractivity contribution in [2.75, 3.05) is 0 Å². The van der Waals surface area contributed by atoms with Crippen LogP contribution in [0.25, 0.3) is 0 Å². The van der Waals surface area contributed by atoms with Gasteiger partial charge in [0.1, 0.15) is 5.69 Å². The maximum atomic E-state index is 12.5. The molecule has 0 bridgehead atoms. The van der Waals surface area contributed by atoms with E-state index in [-0.39, 0.29) is 0 Å². The van der Waals surface area contributed by atoms with Crippen molar-refractivity contribution >= 4 is 11.6 Å². The number of rotatable bonds is 2. The molecular formula is C8H6ClF5N2. The average molecular weight is 261 g/mol. The largest absolute Gasteiger partial charge is 0.418 e. The molecule has 8 heteroatoms. The summed E-state index contributed by atoms with van der Waals surface area (Å²) in [6.07, 6.45) is -7.34. The van der Waals surface area contributed by atoms with Gasteiger partial charge >= 0.3 is 6.18 Å². The van der Waals surface area contributed by atoms with E-state index in [0.29, 0.717) is 6.20 Å².